The second kappa shape index (κ2) is 7.31. The van der Waals surface area contributed by atoms with E-state index in [0.29, 0.717) is 0 Å². The van der Waals surface area contributed by atoms with Crippen molar-refractivity contribution in [3.05, 3.63) is 53.1 Å². The number of hydrogen-bond acceptors (Lipinski definition) is 1. The van der Waals surface area contributed by atoms with Gasteiger partial charge in [0, 0.05) is 0 Å². The van der Waals surface area contributed by atoms with Crippen molar-refractivity contribution in [2.24, 2.45) is 0 Å². The van der Waals surface area contributed by atoms with E-state index in [4.69, 9.17) is 4.74 Å². The third kappa shape index (κ3) is 3.66. The molecule has 21 heavy (non-hydrogen) atoms. The minimum atomic E-state index is 0.807. The average Bonchev–Trinajstić information content (AvgIpc) is 2.52. The number of aryl methyl sites for hydroxylation is 1. The van der Waals surface area contributed by atoms with E-state index < -0.39 is 0 Å². The lowest BCUT2D eigenvalue weighted by Crippen LogP contribution is -2.00. The molecule has 2 aromatic rings. The molecule has 1 nitrogen and oxygen atoms in total. The Morgan fingerprint density at radius 2 is 1.57 bits per heavy atom. The number of ether oxygens (including phenoxy) is 1. The highest BCUT2D eigenvalue weighted by atomic mass is 16.5. The minimum absolute atomic E-state index is 0.807. The molecule has 0 radical (unpaired) electrons. The molecule has 2 aromatic carbocycles. The molecular weight excluding hydrogens is 256 g/mol. The molecule has 2 rings (SSSR count). The summed E-state index contributed by atoms with van der Waals surface area (Å²) in [5.41, 5.74) is 6.54. The van der Waals surface area contributed by atoms with Crippen molar-refractivity contribution in [3.63, 3.8) is 0 Å². The standard InChI is InChI=1S/C20H26O/c1-5-7-14-21-20-13-12-19(15(3)16(20)4)18-10-8-17(6-2)9-11-18/h8-13H,5-7,14H2,1-4H3. The molecule has 1 heteroatoms. The van der Waals surface area contributed by atoms with Crippen LogP contribution in [0.15, 0.2) is 36.4 Å². The first-order chi connectivity index (χ1) is 10.2. The highest BCUT2D eigenvalue weighted by molar-refractivity contribution is 5.70. The summed E-state index contributed by atoms with van der Waals surface area (Å²) < 4.78 is 5.89. The fraction of sp³-hybridized carbons (Fsp3) is 0.400. The Bertz CT molecular complexity index is 582. The van der Waals surface area contributed by atoms with Gasteiger partial charge in [0.2, 0.25) is 0 Å². The van der Waals surface area contributed by atoms with Gasteiger partial charge in [-0.1, -0.05) is 50.6 Å². The molecule has 0 aliphatic rings. The Kier molecular flexibility index (Phi) is 5.44. The zero-order chi connectivity index (χ0) is 15.2. The van der Waals surface area contributed by atoms with Gasteiger partial charge >= 0.3 is 0 Å². The van der Waals surface area contributed by atoms with E-state index in [0.717, 1.165) is 25.2 Å². The fourth-order valence-electron chi connectivity index (χ4n) is 2.51. The van der Waals surface area contributed by atoms with Crippen LogP contribution in [0.25, 0.3) is 11.1 Å². The molecule has 0 atom stereocenters. The molecule has 0 aromatic heterocycles. The summed E-state index contributed by atoms with van der Waals surface area (Å²) in [4.78, 5) is 0. The first-order valence-electron chi connectivity index (χ1n) is 7.99. The molecule has 0 heterocycles. The molecule has 0 saturated carbocycles. The van der Waals surface area contributed by atoms with Crippen LogP contribution in [-0.2, 0) is 6.42 Å². The lowest BCUT2D eigenvalue weighted by atomic mass is 9.95. The first kappa shape index (κ1) is 15.6. The summed E-state index contributed by atoms with van der Waals surface area (Å²) in [6.45, 7) is 9.52. The van der Waals surface area contributed by atoms with Crippen molar-refractivity contribution >= 4 is 0 Å². The maximum Gasteiger partial charge on any atom is 0.122 e. The Labute approximate surface area is 129 Å². The summed E-state index contributed by atoms with van der Waals surface area (Å²) >= 11 is 0. The number of benzene rings is 2. The van der Waals surface area contributed by atoms with Crippen LogP contribution >= 0.6 is 0 Å². The van der Waals surface area contributed by atoms with Gasteiger partial charge in [-0.15, -0.1) is 0 Å². The van der Waals surface area contributed by atoms with Gasteiger partial charge in [-0.05, 0) is 60.6 Å². The SMILES string of the molecule is CCCCOc1ccc(-c2ccc(CC)cc2)c(C)c1C. The van der Waals surface area contributed by atoms with Crippen LogP contribution in [0, 0.1) is 13.8 Å². The van der Waals surface area contributed by atoms with Gasteiger partial charge in [0.05, 0.1) is 6.61 Å². The second-order valence-corrected chi connectivity index (χ2v) is 5.61. The van der Waals surface area contributed by atoms with Crippen LogP contribution in [-0.4, -0.2) is 6.61 Å². The van der Waals surface area contributed by atoms with E-state index in [2.05, 4.69) is 64.1 Å². The molecule has 0 unspecified atom stereocenters. The van der Waals surface area contributed by atoms with Crippen molar-refractivity contribution in [2.75, 3.05) is 6.61 Å². The van der Waals surface area contributed by atoms with Gasteiger partial charge in [0.15, 0.2) is 0 Å². The van der Waals surface area contributed by atoms with E-state index >= 15 is 0 Å². The normalized spacial score (nSPS) is 10.7. The molecular formula is C20H26O. The van der Waals surface area contributed by atoms with Crippen molar-refractivity contribution in [1.29, 1.82) is 0 Å². The monoisotopic (exact) mass is 282 g/mol. The minimum Gasteiger partial charge on any atom is -0.493 e. The Morgan fingerprint density at radius 1 is 0.857 bits per heavy atom. The van der Waals surface area contributed by atoms with E-state index in [1.807, 2.05) is 0 Å². The molecule has 0 N–H and O–H groups in total. The molecule has 0 amide bonds. The van der Waals surface area contributed by atoms with Crippen LogP contribution < -0.4 is 4.74 Å². The van der Waals surface area contributed by atoms with Crippen molar-refractivity contribution in [2.45, 2.75) is 47.0 Å². The largest absolute Gasteiger partial charge is 0.493 e. The second-order valence-electron chi connectivity index (χ2n) is 5.61. The molecule has 0 bridgehead atoms. The van der Waals surface area contributed by atoms with Crippen molar-refractivity contribution in [1.82, 2.24) is 0 Å². The fourth-order valence-corrected chi connectivity index (χ4v) is 2.51. The summed E-state index contributed by atoms with van der Waals surface area (Å²) in [6, 6.07) is 13.2. The number of hydrogen-bond donors (Lipinski definition) is 0. The van der Waals surface area contributed by atoms with Crippen molar-refractivity contribution < 1.29 is 4.74 Å². The molecule has 0 spiro atoms. The quantitative estimate of drug-likeness (QED) is 0.616. The average molecular weight is 282 g/mol. The lowest BCUT2D eigenvalue weighted by molar-refractivity contribution is 0.307. The van der Waals surface area contributed by atoms with Gasteiger partial charge < -0.3 is 4.74 Å². The van der Waals surface area contributed by atoms with Gasteiger partial charge in [-0.2, -0.15) is 0 Å². The third-order valence-electron chi connectivity index (χ3n) is 4.17. The predicted molar refractivity (Wildman–Crippen MR) is 91.1 cm³/mol. The van der Waals surface area contributed by atoms with Crippen molar-refractivity contribution in [3.8, 4) is 16.9 Å². The van der Waals surface area contributed by atoms with Gasteiger partial charge in [0.1, 0.15) is 5.75 Å². The first-order valence-corrected chi connectivity index (χ1v) is 7.99. The zero-order valence-electron chi connectivity index (χ0n) is 13.7. The third-order valence-corrected chi connectivity index (χ3v) is 4.17. The zero-order valence-corrected chi connectivity index (χ0v) is 13.7. The Balaban J connectivity index is 2.26. The maximum atomic E-state index is 5.89. The Hall–Kier alpha value is -1.76. The van der Waals surface area contributed by atoms with Crippen LogP contribution in [0.2, 0.25) is 0 Å². The molecule has 0 aliphatic carbocycles. The summed E-state index contributed by atoms with van der Waals surface area (Å²) in [5, 5.41) is 0. The van der Waals surface area contributed by atoms with Crippen LogP contribution in [0.1, 0.15) is 43.4 Å². The maximum absolute atomic E-state index is 5.89. The summed E-state index contributed by atoms with van der Waals surface area (Å²) in [5.74, 6) is 1.02. The lowest BCUT2D eigenvalue weighted by Gasteiger charge is -2.15. The van der Waals surface area contributed by atoms with Gasteiger partial charge in [-0.25, -0.2) is 0 Å². The molecule has 0 fully saturated rings. The molecule has 0 saturated heterocycles. The predicted octanol–water partition coefficient (Wildman–Crippen LogP) is 5.71. The van der Waals surface area contributed by atoms with E-state index in [1.165, 1.54) is 34.2 Å². The van der Waals surface area contributed by atoms with Crippen LogP contribution in [0.4, 0.5) is 0 Å². The molecule has 0 aliphatic heterocycles. The summed E-state index contributed by atoms with van der Waals surface area (Å²) in [7, 11) is 0. The van der Waals surface area contributed by atoms with Crippen LogP contribution in [0.3, 0.4) is 0 Å². The number of rotatable bonds is 6. The topological polar surface area (TPSA) is 9.23 Å². The van der Waals surface area contributed by atoms with Gasteiger partial charge in [-0.3, -0.25) is 0 Å². The van der Waals surface area contributed by atoms with E-state index in [1.54, 1.807) is 0 Å². The highest BCUT2D eigenvalue weighted by Crippen LogP contribution is 2.31. The smallest absolute Gasteiger partial charge is 0.122 e. The highest BCUT2D eigenvalue weighted by Gasteiger charge is 2.09. The number of unbranched alkanes of at least 4 members (excludes halogenated alkanes) is 1. The Morgan fingerprint density at radius 3 is 2.19 bits per heavy atom. The van der Waals surface area contributed by atoms with Crippen LogP contribution in [0.5, 0.6) is 5.75 Å². The van der Waals surface area contributed by atoms with Gasteiger partial charge in [0.25, 0.3) is 0 Å². The summed E-state index contributed by atoms with van der Waals surface area (Å²) in [6.07, 6.45) is 3.36. The van der Waals surface area contributed by atoms with E-state index in [-0.39, 0.29) is 0 Å². The van der Waals surface area contributed by atoms with E-state index in [9.17, 15) is 0 Å². The molecule has 112 valence electrons.